The van der Waals surface area contributed by atoms with E-state index in [0.717, 1.165) is 0 Å². The van der Waals surface area contributed by atoms with Gasteiger partial charge in [-0.3, -0.25) is 4.79 Å². The molecule has 2 aromatic rings. The lowest BCUT2D eigenvalue weighted by Crippen LogP contribution is -2.17. The van der Waals surface area contributed by atoms with Gasteiger partial charge in [0.1, 0.15) is 11.6 Å². The van der Waals surface area contributed by atoms with Crippen LogP contribution < -0.4 is 5.32 Å². The Kier molecular flexibility index (Phi) is 4.67. The van der Waals surface area contributed by atoms with Crippen molar-refractivity contribution in [3.05, 3.63) is 45.5 Å². The Morgan fingerprint density at radius 1 is 1.40 bits per heavy atom. The number of hydrogen-bond acceptors (Lipinski definition) is 4. The lowest BCUT2D eigenvalue weighted by molar-refractivity contribution is 0.102. The van der Waals surface area contributed by atoms with Crippen molar-refractivity contribution in [2.24, 2.45) is 0 Å². The molecule has 0 aliphatic carbocycles. The van der Waals surface area contributed by atoms with Gasteiger partial charge in [0, 0.05) is 12.1 Å². The monoisotopic (exact) mass is 354 g/mol. The van der Waals surface area contributed by atoms with E-state index in [1.807, 2.05) is 13.8 Å². The third-order valence-electron chi connectivity index (χ3n) is 2.48. The van der Waals surface area contributed by atoms with Crippen molar-refractivity contribution in [2.45, 2.75) is 19.8 Å². The average molecular weight is 356 g/mol. The van der Waals surface area contributed by atoms with Gasteiger partial charge in [-0.2, -0.15) is 0 Å². The second kappa shape index (κ2) is 6.28. The first kappa shape index (κ1) is 14.9. The molecular weight excluding hydrogens is 344 g/mol. The summed E-state index contributed by atoms with van der Waals surface area (Å²) >= 11 is 9.29. The van der Waals surface area contributed by atoms with Gasteiger partial charge >= 0.3 is 0 Å². The second-order valence-electron chi connectivity index (χ2n) is 4.37. The summed E-state index contributed by atoms with van der Waals surface area (Å²) in [6.45, 7) is 3.89. The number of rotatable bonds is 3. The number of hydrogen-bond donors (Lipinski definition) is 1. The number of halogens is 2. The maximum atomic E-state index is 12.2. The fourth-order valence-electron chi connectivity index (χ4n) is 1.46. The molecule has 0 radical (unpaired) electrons. The summed E-state index contributed by atoms with van der Waals surface area (Å²) in [4.78, 5) is 24.6. The molecule has 0 atom stereocenters. The standard InChI is InChI=1S/C13H12BrClN4O/c1-7(2)11-17-6-9(15)10(18-11)13(20)19-12-8(14)4-3-5-16-12/h3-7H,1-2H3,(H,16,19,20). The Hall–Kier alpha value is -1.53. The van der Waals surface area contributed by atoms with Gasteiger partial charge < -0.3 is 5.32 Å². The van der Waals surface area contributed by atoms with Crippen molar-refractivity contribution in [2.75, 3.05) is 5.32 Å². The van der Waals surface area contributed by atoms with Crippen LogP contribution >= 0.6 is 27.5 Å². The minimum atomic E-state index is -0.418. The molecule has 5 nitrogen and oxygen atoms in total. The predicted molar refractivity (Wildman–Crippen MR) is 81.0 cm³/mol. The third-order valence-corrected chi connectivity index (χ3v) is 3.40. The van der Waals surface area contributed by atoms with Crippen LogP contribution in [0.3, 0.4) is 0 Å². The number of anilines is 1. The van der Waals surface area contributed by atoms with Crippen LogP contribution in [-0.2, 0) is 0 Å². The third kappa shape index (κ3) is 3.32. The summed E-state index contributed by atoms with van der Waals surface area (Å²) < 4.78 is 0.683. The molecule has 0 saturated carbocycles. The first-order chi connectivity index (χ1) is 9.49. The zero-order valence-corrected chi connectivity index (χ0v) is 13.2. The highest BCUT2D eigenvalue weighted by molar-refractivity contribution is 9.10. The largest absolute Gasteiger partial charge is 0.304 e. The lowest BCUT2D eigenvalue weighted by atomic mass is 10.2. The van der Waals surface area contributed by atoms with Gasteiger partial charge in [-0.05, 0) is 28.1 Å². The van der Waals surface area contributed by atoms with Crippen molar-refractivity contribution < 1.29 is 4.79 Å². The SMILES string of the molecule is CC(C)c1ncc(Cl)c(C(=O)Nc2ncccc2Br)n1. The van der Waals surface area contributed by atoms with Crippen molar-refractivity contribution in [3.63, 3.8) is 0 Å². The number of pyridine rings is 1. The number of aromatic nitrogens is 3. The molecule has 0 spiro atoms. The summed E-state index contributed by atoms with van der Waals surface area (Å²) in [5.41, 5.74) is 0.142. The van der Waals surface area contributed by atoms with Gasteiger partial charge in [0.25, 0.3) is 5.91 Å². The van der Waals surface area contributed by atoms with E-state index in [1.54, 1.807) is 18.3 Å². The number of nitrogens with zero attached hydrogens (tertiary/aromatic N) is 3. The lowest BCUT2D eigenvalue weighted by Gasteiger charge is -2.09. The molecule has 1 N–H and O–H groups in total. The van der Waals surface area contributed by atoms with Gasteiger partial charge in [-0.1, -0.05) is 25.4 Å². The summed E-state index contributed by atoms with van der Waals surface area (Å²) in [6.07, 6.45) is 3.02. The zero-order chi connectivity index (χ0) is 14.7. The highest BCUT2D eigenvalue weighted by Crippen LogP contribution is 2.21. The van der Waals surface area contributed by atoms with E-state index in [0.29, 0.717) is 16.1 Å². The smallest absolute Gasteiger partial charge is 0.277 e. The molecule has 0 aliphatic rings. The Morgan fingerprint density at radius 2 is 2.15 bits per heavy atom. The first-order valence-corrected chi connectivity index (χ1v) is 7.10. The van der Waals surface area contributed by atoms with Gasteiger partial charge in [0.15, 0.2) is 5.69 Å². The molecule has 2 rings (SSSR count). The number of nitrogens with one attached hydrogen (secondary N) is 1. The van der Waals surface area contributed by atoms with E-state index in [-0.39, 0.29) is 16.6 Å². The van der Waals surface area contributed by atoms with Crippen LogP contribution in [0.2, 0.25) is 5.02 Å². The molecule has 7 heteroatoms. The number of amides is 1. The Balaban J connectivity index is 2.30. The highest BCUT2D eigenvalue weighted by atomic mass is 79.9. The van der Waals surface area contributed by atoms with Gasteiger partial charge in [-0.15, -0.1) is 0 Å². The van der Waals surface area contributed by atoms with Gasteiger partial charge in [-0.25, -0.2) is 15.0 Å². The van der Waals surface area contributed by atoms with Crippen LogP contribution in [0.1, 0.15) is 36.1 Å². The molecule has 0 aromatic carbocycles. The van der Waals surface area contributed by atoms with Crippen LogP contribution in [0.4, 0.5) is 5.82 Å². The molecule has 2 heterocycles. The summed E-state index contributed by atoms with van der Waals surface area (Å²) in [5.74, 6) is 0.678. The van der Waals surface area contributed by atoms with Crippen LogP contribution in [0, 0.1) is 0 Å². The van der Waals surface area contributed by atoms with Crippen LogP contribution in [-0.4, -0.2) is 20.9 Å². The molecule has 104 valence electrons. The molecule has 0 fully saturated rings. The number of carbonyl (C=O) groups excluding carboxylic acids is 1. The Bertz CT molecular complexity index is 648. The van der Waals surface area contributed by atoms with E-state index in [4.69, 9.17) is 11.6 Å². The quantitative estimate of drug-likeness (QED) is 0.912. The first-order valence-electron chi connectivity index (χ1n) is 5.93. The molecule has 20 heavy (non-hydrogen) atoms. The Labute approximate surface area is 129 Å². The minimum Gasteiger partial charge on any atom is -0.304 e. The van der Waals surface area contributed by atoms with Crippen molar-refractivity contribution in [1.29, 1.82) is 0 Å². The number of carbonyl (C=O) groups is 1. The van der Waals surface area contributed by atoms with Gasteiger partial charge in [0.2, 0.25) is 0 Å². The average Bonchev–Trinajstić information content (AvgIpc) is 2.41. The summed E-state index contributed by atoms with van der Waals surface area (Å²) in [6, 6.07) is 3.54. The fraction of sp³-hybridized carbons (Fsp3) is 0.231. The molecule has 0 saturated heterocycles. The maximum absolute atomic E-state index is 12.2. The van der Waals surface area contributed by atoms with Gasteiger partial charge in [0.05, 0.1) is 15.7 Å². The summed E-state index contributed by atoms with van der Waals surface area (Å²) in [5, 5.41) is 2.87. The van der Waals surface area contributed by atoms with E-state index in [2.05, 4.69) is 36.2 Å². The summed E-state index contributed by atoms with van der Waals surface area (Å²) in [7, 11) is 0. The van der Waals surface area contributed by atoms with E-state index in [1.165, 1.54) is 6.20 Å². The molecule has 0 unspecified atom stereocenters. The zero-order valence-electron chi connectivity index (χ0n) is 10.9. The maximum Gasteiger partial charge on any atom is 0.277 e. The molecule has 0 aliphatic heterocycles. The molecule has 1 amide bonds. The highest BCUT2D eigenvalue weighted by Gasteiger charge is 2.16. The molecule has 0 bridgehead atoms. The molecule has 2 aromatic heterocycles. The normalized spacial score (nSPS) is 10.7. The fourth-order valence-corrected chi connectivity index (χ4v) is 1.99. The van der Waals surface area contributed by atoms with E-state index in [9.17, 15) is 4.79 Å². The van der Waals surface area contributed by atoms with Crippen molar-refractivity contribution in [1.82, 2.24) is 15.0 Å². The van der Waals surface area contributed by atoms with Crippen molar-refractivity contribution in [3.8, 4) is 0 Å². The van der Waals surface area contributed by atoms with Crippen LogP contribution in [0.15, 0.2) is 29.0 Å². The Morgan fingerprint density at radius 3 is 2.80 bits per heavy atom. The van der Waals surface area contributed by atoms with E-state index < -0.39 is 5.91 Å². The minimum absolute atomic E-state index is 0.111. The predicted octanol–water partition coefficient (Wildman–Crippen LogP) is 3.66. The van der Waals surface area contributed by atoms with Crippen molar-refractivity contribution >= 4 is 39.3 Å². The van der Waals surface area contributed by atoms with Crippen LogP contribution in [0.25, 0.3) is 0 Å². The topological polar surface area (TPSA) is 67.8 Å². The van der Waals surface area contributed by atoms with E-state index >= 15 is 0 Å². The molecular formula is C13H12BrClN4O. The second-order valence-corrected chi connectivity index (χ2v) is 5.63. The van der Waals surface area contributed by atoms with Crippen LogP contribution in [0.5, 0.6) is 0 Å².